The molecular formula is C27H40N2O4. The Balaban J connectivity index is 1.07. The molecule has 0 aromatic heterocycles. The first-order valence-electron chi connectivity index (χ1n) is 13.4. The van der Waals surface area contributed by atoms with E-state index in [9.17, 15) is 14.4 Å². The van der Waals surface area contributed by atoms with Crippen LogP contribution in [0.15, 0.2) is 0 Å². The first-order valence-corrected chi connectivity index (χ1v) is 13.4. The topological polar surface area (TPSA) is 84.5 Å². The molecule has 0 radical (unpaired) electrons. The van der Waals surface area contributed by atoms with Gasteiger partial charge < -0.3 is 15.4 Å². The van der Waals surface area contributed by atoms with Crippen molar-refractivity contribution in [1.29, 1.82) is 0 Å². The summed E-state index contributed by atoms with van der Waals surface area (Å²) in [6, 6.07) is 0.139. The minimum Gasteiger partial charge on any atom is -0.455 e. The van der Waals surface area contributed by atoms with Crippen LogP contribution in [0.25, 0.3) is 0 Å². The Labute approximate surface area is 197 Å². The average Bonchev–Trinajstić information content (AvgIpc) is 2.69. The van der Waals surface area contributed by atoms with Gasteiger partial charge in [0.05, 0.1) is 5.41 Å². The Morgan fingerprint density at radius 3 is 1.94 bits per heavy atom. The van der Waals surface area contributed by atoms with Gasteiger partial charge in [-0.2, -0.15) is 0 Å². The van der Waals surface area contributed by atoms with Crippen LogP contribution in [-0.2, 0) is 19.1 Å². The molecule has 0 aromatic rings. The highest BCUT2D eigenvalue weighted by molar-refractivity contribution is 5.83. The van der Waals surface area contributed by atoms with E-state index in [1.54, 1.807) is 6.92 Å². The van der Waals surface area contributed by atoms with Crippen LogP contribution in [0.4, 0.5) is 0 Å². The van der Waals surface area contributed by atoms with Crippen molar-refractivity contribution in [3.05, 3.63) is 0 Å². The lowest BCUT2D eigenvalue weighted by molar-refractivity contribution is -0.177. The van der Waals surface area contributed by atoms with Crippen LogP contribution in [0.2, 0.25) is 0 Å². The molecule has 8 fully saturated rings. The highest BCUT2D eigenvalue weighted by atomic mass is 16.5. The maximum absolute atomic E-state index is 13.3. The molecular weight excluding hydrogens is 416 g/mol. The summed E-state index contributed by atoms with van der Waals surface area (Å²) in [6.07, 6.45) is 13.4. The molecule has 6 nitrogen and oxygen atoms in total. The highest BCUT2D eigenvalue weighted by Crippen LogP contribution is 2.63. The maximum Gasteiger partial charge on any atom is 0.312 e. The molecule has 8 rings (SSSR count). The molecule has 2 N–H and O–H groups in total. The van der Waals surface area contributed by atoms with Crippen LogP contribution in [0.3, 0.4) is 0 Å². The zero-order valence-electron chi connectivity index (χ0n) is 20.3. The molecule has 8 saturated carbocycles. The van der Waals surface area contributed by atoms with Gasteiger partial charge in [0, 0.05) is 18.5 Å². The standard InChI is InChI=1S/C27H40N2O4/c1-16(25-7-18-3-19(8-25)5-20(4-18)9-25)28-23(31)14-33-24(32)26-10-21-6-22(11-26)13-27(12-21,15-26)29-17(2)30/h16,18-22H,3-15H2,1-2H3,(H,28,31)(H,29,30)/t16-,18?,19?,20?,21-,22+,25?,26?,27?/m1/s1. The minimum atomic E-state index is -0.529. The quantitative estimate of drug-likeness (QED) is 0.597. The molecule has 0 aromatic carbocycles. The summed E-state index contributed by atoms with van der Waals surface area (Å²) in [5.41, 5.74) is -0.540. The summed E-state index contributed by atoms with van der Waals surface area (Å²) in [6.45, 7) is 3.56. The number of hydrogen-bond acceptors (Lipinski definition) is 4. The summed E-state index contributed by atoms with van der Waals surface area (Å²) >= 11 is 0. The van der Waals surface area contributed by atoms with Crippen LogP contribution in [0.5, 0.6) is 0 Å². The number of amides is 2. The van der Waals surface area contributed by atoms with Gasteiger partial charge in [-0.3, -0.25) is 14.4 Å². The molecule has 2 unspecified atom stereocenters. The molecule has 33 heavy (non-hydrogen) atoms. The summed E-state index contributed by atoms with van der Waals surface area (Å²) in [5.74, 6) is 3.09. The van der Waals surface area contributed by atoms with Crippen molar-refractivity contribution in [1.82, 2.24) is 10.6 Å². The van der Waals surface area contributed by atoms with Crippen LogP contribution in [0.1, 0.15) is 90.9 Å². The number of carbonyl (C=O) groups excluding carboxylic acids is 3. The monoisotopic (exact) mass is 456 g/mol. The molecule has 182 valence electrons. The van der Waals surface area contributed by atoms with Crippen molar-refractivity contribution < 1.29 is 19.1 Å². The summed E-state index contributed by atoms with van der Waals surface area (Å²) < 4.78 is 5.69. The smallest absolute Gasteiger partial charge is 0.312 e. The Hall–Kier alpha value is -1.59. The minimum absolute atomic E-state index is 0.0153. The van der Waals surface area contributed by atoms with Gasteiger partial charge in [-0.25, -0.2) is 0 Å². The number of rotatable bonds is 6. The molecule has 8 aliphatic carbocycles. The fourth-order valence-corrected chi connectivity index (χ4v) is 10.4. The predicted molar refractivity (Wildman–Crippen MR) is 123 cm³/mol. The van der Waals surface area contributed by atoms with Gasteiger partial charge >= 0.3 is 5.97 Å². The molecule has 0 saturated heterocycles. The van der Waals surface area contributed by atoms with Crippen LogP contribution >= 0.6 is 0 Å². The zero-order valence-corrected chi connectivity index (χ0v) is 20.3. The van der Waals surface area contributed by atoms with E-state index in [-0.39, 0.29) is 41.4 Å². The van der Waals surface area contributed by atoms with E-state index in [1.165, 1.54) is 38.5 Å². The molecule has 5 atom stereocenters. The number of nitrogens with one attached hydrogen (secondary N) is 2. The van der Waals surface area contributed by atoms with Gasteiger partial charge in [0.2, 0.25) is 5.91 Å². The lowest BCUT2D eigenvalue weighted by atomic mass is 9.47. The second-order valence-corrected chi connectivity index (χ2v) is 13.3. The third-order valence-corrected chi connectivity index (χ3v) is 10.7. The molecule has 0 aliphatic heterocycles. The number of carbonyl (C=O) groups is 3. The molecule has 8 bridgehead atoms. The lowest BCUT2D eigenvalue weighted by Gasteiger charge is -2.60. The van der Waals surface area contributed by atoms with Gasteiger partial charge in [-0.1, -0.05) is 0 Å². The normalized spacial score (nSPS) is 47.3. The Morgan fingerprint density at radius 2 is 1.39 bits per heavy atom. The summed E-state index contributed by atoms with van der Waals surface area (Å²) in [7, 11) is 0. The van der Waals surface area contributed by atoms with Crippen molar-refractivity contribution in [2.45, 2.75) is 102 Å². The van der Waals surface area contributed by atoms with Crippen molar-refractivity contribution in [2.75, 3.05) is 6.61 Å². The van der Waals surface area contributed by atoms with Crippen LogP contribution in [-0.4, -0.2) is 36.0 Å². The Bertz CT molecular complexity index is 817. The SMILES string of the molecule is CC(=O)NC12C[C@H]3C[C@@H](C1)CC(C(=O)OCC(=O)N[C@H](C)C14CC5CC(CC(C5)C1)C4)(C3)C2. The fourth-order valence-electron chi connectivity index (χ4n) is 10.4. The summed E-state index contributed by atoms with van der Waals surface area (Å²) in [4.78, 5) is 38.0. The molecule has 2 amide bonds. The van der Waals surface area contributed by atoms with Crippen molar-refractivity contribution >= 4 is 17.8 Å². The Kier molecular flexibility index (Phi) is 4.95. The first-order chi connectivity index (χ1) is 15.7. The van der Waals surface area contributed by atoms with Crippen molar-refractivity contribution in [3.8, 4) is 0 Å². The maximum atomic E-state index is 13.3. The van der Waals surface area contributed by atoms with Gasteiger partial charge in [0.15, 0.2) is 6.61 Å². The third-order valence-electron chi connectivity index (χ3n) is 10.7. The molecule has 6 heteroatoms. The van der Waals surface area contributed by atoms with E-state index >= 15 is 0 Å². The van der Waals surface area contributed by atoms with Crippen LogP contribution in [0, 0.1) is 40.4 Å². The number of ether oxygens (including phenoxy) is 1. The van der Waals surface area contributed by atoms with E-state index < -0.39 is 5.41 Å². The van der Waals surface area contributed by atoms with Crippen molar-refractivity contribution in [3.63, 3.8) is 0 Å². The van der Waals surface area contributed by atoms with Crippen LogP contribution < -0.4 is 10.6 Å². The van der Waals surface area contributed by atoms with E-state index in [2.05, 4.69) is 17.6 Å². The third kappa shape index (κ3) is 3.70. The van der Waals surface area contributed by atoms with E-state index in [0.717, 1.165) is 49.9 Å². The molecule has 8 aliphatic rings. The number of esters is 1. The Morgan fingerprint density at radius 1 is 0.848 bits per heavy atom. The average molecular weight is 457 g/mol. The van der Waals surface area contributed by atoms with E-state index in [4.69, 9.17) is 4.74 Å². The van der Waals surface area contributed by atoms with Gasteiger partial charge in [-0.05, 0) is 119 Å². The second kappa shape index (κ2) is 7.45. The predicted octanol–water partition coefficient (Wildman–Crippen LogP) is 3.73. The molecule has 0 heterocycles. The second-order valence-electron chi connectivity index (χ2n) is 13.3. The van der Waals surface area contributed by atoms with Gasteiger partial charge in [-0.15, -0.1) is 0 Å². The largest absolute Gasteiger partial charge is 0.455 e. The molecule has 0 spiro atoms. The number of hydrogen-bond donors (Lipinski definition) is 2. The highest BCUT2D eigenvalue weighted by Gasteiger charge is 2.61. The van der Waals surface area contributed by atoms with Gasteiger partial charge in [0.1, 0.15) is 0 Å². The van der Waals surface area contributed by atoms with E-state index in [1.807, 2.05) is 0 Å². The first kappa shape index (κ1) is 21.9. The van der Waals surface area contributed by atoms with Gasteiger partial charge in [0.25, 0.3) is 5.91 Å². The lowest BCUT2D eigenvalue weighted by Crippen LogP contribution is -2.64. The van der Waals surface area contributed by atoms with Crippen molar-refractivity contribution in [2.24, 2.45) is 40.4 Å². The summed E-state index contributed by atoms with van der Waals surface area (Å²) in [5, 5.41) is 6.42. The zero-order chi connectivity index (χ0) is 23.0. The fraction of sp³-hybridized carbons (Fsp3) is 0.889. The van der Waals surface area contributed by atoms with E-state index in [0.29, 0.717) is 18.3 Å².